The highest BCUT2D eigenvalue weighted by atomic mass is 16.7. The Morgan fingerprint density at radius 3 is 2.36 bits per heavy atom. The van der Waals surface area contributed by atoms with Crippen molar-refractivity contribution in [2.24, 2.45) is 0 Å². The van der Waals surface area contributed by atoms with Crippen LogP contribution in [-0.4, -0.2) is 110 Å². The van der Waals surface area contributed by atoms with E-state index in [1.807, 2.05) is 0 Å². The van der Waals surface area contributed by atoms with Crippen LogP contribution in [0.1, 0.15) is 11.7 Å². The molecule has 0 saturated carbocycles. The largest absolute Gasteiger partial charge is 0.507 e. The molecule has 8 N–H and O–H groups in total. The average Bonchev–Trinajstić information content (AvgIpc) is 2.91. The number of benzene rings is 2. The summed E-state index contributed by atoms with van der Waals surface area (Å²) in [5, 5.41) is 82.0. The molecule has 0 bridgehead atoms. The molecule has 39 heavy (non-hydrogen) atoms. The zero-order valence-electron chi connectivity index (χ0n) is 20.4. The highest BCUT2D eigenvalue weighted by Gasteiger charge is 2.46. The number of phenols is 2. The number of phenolic OH excluding ortho intramolecular Hbond substituents is 2. The molecular formula is C25H28O14. The first-order chi connectivity index (χ1) is 18.5. The lowest BCUT2D eigenvalue weighted by Crippen LogP contribution is -2.57. The van der Waals surface area contributed by atoms with E-state index in [2.05, 4.69) is 0 Å². The third kappa shape index (κ3) is 4.69. The third-order valence-electron chi connectivity index (χ3n) is 7.03. The minimum atomic E-state index is -1.78. The van der Waals surface area contributed by atoms with Crippen LogP contribution in [0.2, 0.25) is 0 Å². The smallest absolute Gasteiger partial charge is 0.208 e. The zero-order valence-corrected chi connectivity index (χ0v) is 20.4. The van der Waals surface area contributed by atoms with Gasteiger partial charge in [0.2, 0.25) is 5.43 Å². The first-order valence-corrected chi connectivity index (χ1v) is 12.0. The second kappa shape index (κ2) is 10.5. The maximum Gasteiger partial charge on any atom is 0.208 e. The fraction of sp³-hybridized carbons (Fsp3) is 0.480. The van der Waals surface area contributed by atoms with Gasteiger partial charge in [0, 0.05) is 17.7 Å². The third-order valence-corrected chi connectivity index (χ3v) is 7.03. The summed E-state index contributed by atoms with van der Waals surface area (Å²) in [5.41, 5.74) is -0.943. The van der Waals surface area contributed by atoms with E-state index in [1.54, 1.807) is 0 Å². The van der Waals surface area contributed by atoms with E-state index >= 15 is 0 Å². The first kappa shape index (κ1) is 27.5. The van der Waals surface area contributed by atoms with Gasteiger partial charge >= 0.3 is 0 Å². The lowest BCUT2D eigenvalue weighted by molar-refractivity contribution is -0.292. The number of fused-ring (bicyclic) bond motifs is 2. The molecule has 9 atom stereocenters. The molecule has 2 aliphatic heterocycles. The van der Waals surface area contributed by atoms with Crippen molar-refractivity contribution in [3.63, 3.8) is 0 Å². The molecule has 5 rings (SSSR count). The number of hydrogen-bond acceptors (Lipinski definition) is 14. The molecule has 0 unspecified atom stereocenters. The second-order valence-electron chi connectivity index (χ2n) is 9.48. The van der Waals surface area contributed by atoms with Crippen molar-refractivity contribution < 1.29 is 64.2 Å². The normalized spacial score (nSPS) is 33.5. The summed E-state index contributed by atoms with van der Waals surface area (Å²) >= 11 is 0. The van der Waals surface area contributed by atoms with E-state index in [0.717, 1.165) is 0 Å². The molecule has 0 aliphatic carbocycles. The fourth-order valence-electron chi connectivity index (χ4n) is 4.83. The molecule has 14 nitrogen and oxygen atoms in total. The summed E-state index contributed by atoms with van der Waals surface area (Å²) in [7, 11) is 1.37. The molecule has 1 aromatic heterocycles. The van der Waals surface area contributed by atoms with Crippen LogP contribution in [-0.2, 0) is 14.2 Å². The first-order valence-electron chi connectivity index (χ1n) is 12.0. The van der Waals surface area contributed by atoms with Gasteiger partial charge in [0.25, 0.3) is 0 Å². The van der Waals surface area contributed by atoms with Crippen molar-refractivity contribution in [2.45, 2.75) is 55.1 Å². The van der Waals surface area contributed by atoms with Crippen LogP contribution >= 0.6 is 0 Å². The fourth-order valence-corrected chi connectivity index (χ4v) is 4.83. The number of aromatic hydroxyl groups is 2. The Morgan fingerprint density at radius 2 is 1.64 bits per heavy atom. The quantitative estimate of drug-likeness (QED) is 0.166. The lowest BCUT2D eigenvalue weighted by Gasteiger charge is -2.42. The van der Waals surface area contributed by atoms with Crippen LogP contribution in [0.25, 0.3) is 21.9 Å². The van der Waals surface area contributed by atoms with Gasteiger partial charge < -0.3 is 64.2 Å². The van der Waals surface area contributed by atoms with Gasteiger partial charge in [-0.05, 0) is 12.1 Å². The Hall–Kier alpha value is -3.05. The van der Waals surface area contributed by atoms with Crippen LogP contribution in [0, 0.1) is 0 Å². The van der Waals surface area contributed by atoms with E-state index in [0.29, 0.717) is 0 Å². The van der Waals surface area contributed by atoms with Gasteiger partial charge in [0.05, 0.1) is 20.3 Å². The number of aliphatic hydroxyl groups excluding tert-OH is 6. The molecule has 2 fully saturated rings. The molecule has 2 aliphatic rings. The Kier molecular flexibility index (Phi) is 7.41. The summed E-state index contributed by atoms with van der Waals surface area (Å²) in [4.78, 5) is 13.3. The van der Waals surface area contributed by atoms with Crippen molar-refractivity contribution in [3.8, 4) is 17.2 Å². The summed E-state index contributed by atoms with van der Waals surface area (Å²) in [6.45, 7) is -0.825. The van der Waals surface area contributed by atoms with Crippen molar-refractivity contribution in [1.82, 2.24) is 0 Å². The van der Waals surface area contributed by atoms with Crippen molar-refractivity contribution >= 4 is 21.9 Å². The van der Waals surface area contributed by atoms with Gasteiger partial charge in [-0.2, -0.15) is 0 Å². The highest BCUT2D eigenvalue weighted by Crippen LogP contribution is 2.41. The Morgan fingerprint density at radius 1 is 0.897 bits per heavy atom. The number of rotatable bonds is 5. The van der Waals surface area contributed by atoms with Gasteiger partial charge in [-0.15, -0.1) is 0 Å². The van der Waals surface area contributed by atoms with Gasteiger partial charge in [0.15, 0.2) is 6.29 Å². The lowest BCUT2D eigenvalue weighted by atomic mass is 9.90. The standard InChI is InChI=1S/C25H28O14/c1-35-8-4-10(26)15-13(5-8)38-12-3-2-9(17(28)16(12)20(15)31)24-22(33)21(32)19(30)14(39-24)7-37-25-23(34)18(29)11(27)6-36-25/h2-5,11,14,18-19,21-30,32-34H,6-7H2,1H3/t11-,14-,18+,19-,21+,22-,23-,24+,25+/m1/s1. The Balaban J connectivity index is 1.47. The van der Waals surface area contributed by atoms with Gasteiger partial charge in [-0.25, -0.2) is 0 Å². The Bertz CT molecular complexity index is 1420. The molecule has 0 spiro atoms. The molecule has 0 amide bonds. The number of hydrogen-bond donors (Lipinski definition) is 8. The van der Waals surface area contributed by atoms with E-state index in [-0.39, 0.29) is 39.9 Å². The molecule has 0 radical (unpaired) electrons. The number of ether oxygens (including phenoxy) is 4. The van der Waals surface area contributed by atoms with Crippen molar-refractivity contribution in [1.29, 1.82) is 0 Å². The molecule has 212 valence electrons. The van der Waals surface area contributed by atoms with Crippen LogP contribution in [0.3, 0.4) is 0 Å². The maximum absolute atomic E-state index is 13.3. The number of methoxy groups -OCH3 is 1. The highest BCUT2D eigenvalue weighted by molar-refractivity contribution is 5.96. The van der Waals surface area contributed by atoms with Gasteiger partial charge in [-0.3, -0.25) is 4.79 Å². The summed E-state index contributed by atoms with van der Waals surface area (Å²) in [5.74, 6) is -0.854. The zero-order chi connectivity index (χ0) is 28.2. The summed E-state index contributed by atoms with van der Waals surface area (Å²) < 4.78 is 27.1. The van der Waals surface area contributed by atoms with E-state index in [1.165, 1.54) is 31.4 Å². The molecule has 14 heteroatoms. The van der Waals surface area contributed by atoms with Gasteiger partial charge in [-0.1, -0.05) is 0 Å². The summed E-state index contributed by atoms with van der Waals surface area (Å²) in [6, 6.07) is 5.23. The van der Waals surface area contributed by atoms with Crippen LogP contribution in [0.4, 0.5) is 0 Å². The molecule has 3 aromatic rings. The predicted octanol–water partition coefficient (Wildman–Crippen LogP) is -1.66. The molecular weight excluding hydrogens is 524 g/mol. The van der Waals surface area contributed by atoms with Crippen LogP contribution in [0.15, 0.2) is 33.5 Å². The number of aliphatic hydroxyl groups is 6. The monoisotopic (exact) mass is 552 g/mol. The molecule has 2 saturated heterocycles. The average molecular weight is 552 g/mol. The van der Waals surface area contributed by atoms with E-state index in [4.69, 9.17) is 23.4 Å². The van der Waals surface area contributed by atoms with Crippen LogP contribution in [0.5, 0.6) is 17.2 Å². The van der Waals surface area contributed by atoms with E-state index < -0.39 is 78.7 Å². The van der Waals surface area contributed by atoms with Crippen molar-refractivity contribution in [2.75, 3.05) is 20.3 Å². The molecule has 2 aromatic carbocycles. The molecule has 3 heterocycles. The van der Waals surface area contributed by atoms with Crippen molar-refractivity contribution in [3.05, 3.63) is 40.1 Å². The Labute approximate surface area is 219 Å². The topological polar surface area (TPSA) is 229 Å². The maximum atomic E-state index is 13.3. The minimum absolute atomic E-state index is 0.00552. The predicted molar refractivity (Wildman–Crippen MR) is 129 cm³/mol. The second-order valence-corrected chi connectivity index (χ2v) is 9.48. The SMILES string of the molecule is COc1cc(O)c2c(=O)c3c(O)c([C@@H]4O[C@H](CO[C@@H]5OC[C@@H](O)[C@H](O)[C@H]5O)[C@@H](O)[C@H](O)[C@H]4O)ccc3oc2c1. The summed E-state index contributed by atoms with van der Waals surface area (Å²) in [6.07, 6.45) is -13.9. The van der Waals surface area contributed by atoms with E-state index in [9.17, 15) is 45.6 Å². The van der Waals surface area contributed by atoms with Gasteiger partial charge in [0.1, 0.15) is 88.0 Å². The van der Waals surface area contributed by atoms with Crippen LogP contribution < -0.4 is 10.2 Å². The minimum Gasteiger partial charge on any atom is -0.507 e.